The fourth-order valence-corrected chi connectivity index (χ4v) is 5.23. The molecule has 1 saturated heterocycles. The van der Waals surface area contributed by atoms with E-state index >= 15 is 0 Å². The van der Waals surface area contributed by atoms with E-state index < -0.39 is 0 Å². The van der Waals surface area contributed by atoms with Crippen molar-refractivity contribution in [2.75, 3.05) is 0 Å². The van der Waals surface area contributed by atoms with Crippen LogP contribution < -0.4 is 0 Å². The molecule has 112 valence electrons. The molecule has 1 aromatic carbocycles. The van der Waals surface area contributed by atoms with Crippen LogP contribution in [0.4, 0.5) is 0 Å². The van der Waals surface area contributed by atoms with Gasteiger partial charge in [-0.05, 0) is 68.9 Å². The highest BCUT2D eigenvalue weighted by Crippen LogP contribution is 2.55. The minimum absolute atomic E-state index is 0.0130. The first-order valence-electron chi connectivity index (χ1n) is 8.38. The third-order valence-electron chi connectivity index (χ3n) is 6.22. The van der Waals surface area contributed by atoms with Crippen LogP contribution in [0.5, 0.6) is 0 Å². The predicted octanol–water partition coefficient (Wildman–Crippen LogP) is 4.15. The molecule has 4 atom stereocenters. The van der Waals surface area contributed by atoms with E-state index in [0.717, 1.165) is 12.8 Å². The van der Waals surface area contributed by atoms with E-state index in [0.29, 0.717) is 24.2 Å². The summed E-state index contributed by atoms with van der Waals surface area (Å²) in [5, 5.41) is 0. The molecule has 21 heavy (non-hydrogen) atoms. The molecule has 3 unspecified atom stereocenters. The largest absolute Gasteiger partial charge is 0.459 e. The van der Waals surface area contributed by atoms with Crippen molar-refractivity contribution in [3.8, 4) is 0 Å². The number of fused-ring (bicyclic) bond motifs is 5. The van der Waals surface area contributed by atoms with E-state index in [2.05, 4.69) is 32.0 Å². The third kappa shape index (κ3) is 2.03. The van der Waals surface area contributed by atoms with E-state index in [1.807, 2.05) is 0 Å². The second-order valence-corrected chi connectivity index (χ2v) is 7.48. The molecule has 2 heteroatoms. The molecule has 0 bridgehead atoms. The van der Waals surface area contributed by atoms with E-state index in [9.17, 15) is 4.79 Å². The smallest absolute Gasteiger partial charge is 0.306 e. The number of hydrogen-bond acceptors (Lipinski definition) is 2. The van der Waals surface area contributed by atoms with Gasteiger partial charge in [-0.3, -0.25) is 4.79 Å². The summed E-state index contributed by atoms with van der Waals surface area (Å²) in [7, 11) is 0. The van der Waals surface area contributed by atoms with Gasteiger partial charge in [-0.1, -0.05) is 23.8 Å². The van der Waals surface area contributed by atoms with Crippen molar-refractivity contribution in [2.45, 2.75) is 63.9 Å². The monoisotopic (exact) mass is 284 g/mol. The summed E-state index contributed by atoms with van der Waals surface area (Å²) < 4.78 is 5.79. The Morgan fingerprint density at radius 1 is 1.19 bits per heavy atom. The van der Waals surface area contributed by atoms with Crippen LogP contribution in [-0.4, -0.2) is 11.6 Å². The summed E-state index contributed by atoms with van der Waals surface area (Å²) in [5.41, 5.74) is 4.32. The Bertz CT molecular complexity index is 591. The zero-order valence-electron chi connectivity index (χ0n) is 13.0. The van der Waals surface area contributed by atoms with Crippen LogP contribution in [-0.2, 0) is 16.0 Å². The maximum absolute atomic E-state index is 11.7. The van der Waals surface area contributed by atoms with E-state index in [4.69, 9.17) is 4.74 Å². The topological polar surface area (TPSA) is 26.3 Å². The predicted molar refractivity (Wildman–Crippen MR) is 82.2 cm³/mol. The number of aryl methyl sites for hydroxylation is 2. The normalized spacial score (nSPS) is 38.0. The Morgan fingerprint density at radius 3 is 2.90 bits per heavy atom. The lowest BCUT2D eigenvalue weighted by Crippen LogP contribution is -2.52. The number of carbonyl (C=O) groups is 1. The summed E-state index contributed by atoms with van der Waals surface area (Å²) in [6.45, 7) is 4.36. The number of rotatable bonds is 0. The first kappa shape index (κ1) is 13.4. The van der Waals surface area contributed by atoms with Gasteiger partial charge in [-0.2, -0.15) is 0 Å². The Hall–Kier alpha value is -1.31. The Morgan fingerprint density at radius 2 is 2.05 bits per heavy atom. The zero-order chi connectivity index (χ0) is 14.6. The molecule has 4 rings (SSSR count). The molecule has 2 nitrogen and oxygen atoms in total. The molecule has 0 aromatic heterocycles. The molecule has 3 aliphatic rings. The fourth-order valence-electron chi connectivity index (χ4n) is 5.23. The van der Waals surface area contributed by atoms with Gasteiger partial charge in [0, 0.05) is 12.3 Å². The van der Waals surface area contributed by atoms with Crippen LogP contribution in [0.15, 0.2) is 18.2 Å². The first-order chi connectivity index (χ1) is 10.1. The lowest BCUT2D eigenvalue weighted by atomic mass is 9.57. The van der Waals surface area contributed by atoms with Crippen LogP contribution in [0.25, 0.3) is 0 Å². The van der Waals surface area contributed by atoms with Gasteiger partial charge in [-0.15, -0.1) is 0 Å². The number of esters is 1. The van der Waals surface area contributed by atoms with Crippen LogP contribution in [0.2, 0.25) is 0 Å². The molecular weight excluding hydrogens is 260 g/mol. The number of hydrogen-bond donors (Lipinski definition) is 0. The Kier molecular flexibility index (Phi) is 2.92. The Balaban J connectivity index is 1.69. The van der Waals surface area contributed by atoms with Crippen molar-refractivity contribution < 1.29 is 9.53 Å². The molecule has 2 aliphatic carbocycles. The van der Waals surface area contributed by atoms with Gasteiger partial charge < -0.3 is 4.74 Å². The van der Waals surface area contributed by atoms with Gasteiger partial charge in [0.25, 0.3) is 0 Å². The van der Waals surface area contributed by atoms with E-state index in [1.165, 1.54) is 24.8 Å². The summed E-state index contributed by atoms with van der Waals surface area (Å²) in [4.78, 5) is 11.7. The second-order valence-electron chi connectivity index (χ2n) is 7.48. The summed E-state index contributed by atoms with van der Waals surface area (Å²) in [5.74, 6) is 1.96. The minimum Gasteiger partial charge on any atom is -0.459 e. The summed E-state index contributed by atoms with van der Waals surface area (Å²) in [6.07, 6.45) is 6.29. The number of carbonyl (C=O) groups excluding carboxylic acids is 1. The average Bonchev–Trinajstić information content (AvgIpc) is 2.45. The molecule has 0 amide bonds. The van der Waals surface area contributed by atoms with Crippen molar-refractivity contribution in [1.29, 1.82) is 0 Å². The molecule has 2 fully saturated rings. The van der Waals surface area contributed by atoms with E-state index in [-0.39, 0.29) is 11.6 Å². The molecule has 1 saturated carbocycles. The molecule has 1 heterocycles. The lowest BCUT2D eigenvalue weighted by molar-refractivity contribution is -0.185. The van der Waals surface area contributed by atoms with Gasteiger partial charge in [0.1, 0.15) is 5.60 Å². The van der Waals surface area contributed by atoms with Crippen molar-refractivity contribution in [2.24, 2.45) is 11.8 Å². The molecule has 0 N–H and O–H groups in total. The highest BCUT2D eigenvalue weighted by Gasteiger charge is 2.52. The SMILES string of the molecule is Cc1ccc2c(c1)CCC1C2CC[C@]2(C)OC(=O)CCC12. The number of benzene rings is 1. The van der Waals surface area contributed by atoms with Crippen molar-refractivity contribution in [3.63, 3.8) is 0 Å². The fraction of sp³-hybridized carbons (Fsp3) is 0.632. The molecule has 1 aromatic rings. The minimum atomic E-state index is -0.196. The maximum Gasteiger partial charge on any atom is 0.306 e. The maximum atomic E-state index is 11.7. The van der Waals surface area contributed by atoms with Crippen LogP contribution >= 0.6 is 0 Å². The van der Waals surface area contributed by atoms with Gasteiger partial charge in [-0.25, -0.2) is 0 Å². The molecule has 1 aliphatic heterocycles. The van der Waals surface area contributed by atoms with Crippen LogP contribution in [0, 0.1) is 18.8 Å². The summed E-state index contributed by atoms with van der Waals surface area (Å²) in [6, 6.07) is 7.00. The Labute approximate surface area is 126 Å². The van der Waals surface area contributed by atoms with Crippen molar-refractivity contribution >= 4 is 5.97 Å². The lowest BCUT2D eigenvalue weighted by Gasteiger charge is -2.53. The van der Waals surface area contributed by atoms with E-state index in [1.54, 1.807) is 11.1 Å². The standard InChI is InChI=1S/C19H24O2/c1-12-3-5-14-13(11-12)4-6-16-15(14)9-10-19(2)17(16)7-8-18(20)21-19/h3,5,11,15-17H,4,6-10H2,1-2H3/t15?,16?,17?,19-/m0/s1. The third-order valence-corrected chi connectivity index (χ3v) is 6.22. The van der Waals surface area contributed by atoms with Gasteiger partial charge in [0.15, 0.2) is 0 Å². The summed E-state index contributed by atoms with van der Waals surface area (Å²) >= 11 is 0. The molecule has 0 spiro atoms. The van der Waals surface area contributed by atoms with Crippen molar-refractivity contribution in [3.05, 3.63) is 34.9 Å². The van der Waals surface area contributed by atoms with Crippen molar-refractivity contribution in [1.82, 2.24) is 0 Å². The van der Waals surface area contributed by atoms with Gasteiger partial charge in [0.2, 0.25) is 0 Å². The molecular formula is C19H24O2. The van der Waals surface area contributed by atoms with Gasteiger partial charge >= 0.3 is 5.97 Å². The molecule has 0 radical (unpaired) electrons. The number of ether oxygens (including phenoxy) is 1. The first-order valence-corrected chi connectivity index (χ1v) is 8.38. The van der Waals surface area contributed by atoms with Crippen LogP contribution in [0.3, 0.4) is 0 Å². The second kappa shape index (κ2) is 4.59. The average molecular weight is 284 g/mol. The zero-order valence-corrected chi connectivity index (χ0v) is 13.0. The highest BCUT2D eigenvalue weighted by molar-refractivity contribution is 5.71. The van der Waals surface area contributed by atoms with Gasteiger partial charge in [0.05, 0.1) is 0 Å². The van der Waals surface area contributed by atoms with Crippen LogP contribution in [0.1, 0.15) is 61.6 Å². The highest BCUT2D eigenvalue weighted by atomic mass is 16.6. The quantitative estimate of drug-likeness (QED) is 0.669.